The zero-order chi connectivity index (χ0) is 34.8. The predicted molar refractivity (Wildman–Crippen MR) is 168 cm³/mol. The number of phenols is 2. The van der Waals surface area contributed by atoms with E-state index in [0.717, 1.165) is 0 Å². The summed E-state index contributed by atoms with van der Waals surface area (Å²) in [5.41, 5.74) is -3.01. The molecule has 2 heterocycles. The Morgan fingerprint density at radius 2 is 1.77 bits per heavy atom. The maximum atomic E-state index is 14.0. The van der Waals surface area contributed by atoms with Crippen LogP contribution in [-0.2, 0) is 30.2 Å². The number of carbonyl (C=O) groups is 3. The van der Waals surface area contributed by atoms with Crippen LogP contribution in [0.3, 0.4) is 0 Å². The number of ketones is 3. The molecule has 6 rings (SSSR count). The molecule has 4 N–H and O–H groups in total. The summed E-state index contributed by atoms with van der Waals surface area (Å²) in [6.45, 7) is 7.49. The number of aliphatic hydroxyl groups is 2. The Balaban J connectivity index is 1.44. The van der Waals surface area contributed by atoms with Gasteiger partial charge in [-0.3, -0.25) is 14.4 Å². The van der Waals surface area contributed by atoms with Crippen LogP contribution in [-0.4, -0.2) is 107 Å². The highest BCUT2D eigenvalue weighted by Gasteiger charge is 2.51. The molecule has 2 aliphatic heterocycles. The zero-order valence-corrected chi connectivity index (χ0v) is 27.9. The van der Waals surface area contributed by atoms with Crippen LogP contribution >= 0.6 is 0 Å². The summed E-state index contributed by atoms with van der Waals surface area (Å²) < 4.78 is 29.2. The third-order valence-corrected chi connectivity index (χ3v) is 10.4. The molecule has 0 radical (unpaired) electrons. The van der Waals surface area contributed by atoms with Gasteiger partial charge in [0.05, 0.1) is 42.6 Å². The lowest BCUT2D eigenvalue weighted by Crippen LogP contribution is -2.61. The normalized spacial score (nSPS) is 32.1. The summed E-state index contributed by atoms with van der Waals surface area (Å²) >= 11 is 0. The molecule has 0 aromatic heterocycles. The van der Waals surface area contributed by atoms with Crippen molar-refractivity contribution in [2.45, 2.75) is 89.4 Å². The van der Waals surface area contributed by atoms with Crippen molar-refractivity contribution in [3.05, 3.63) is 51.6 Å². The van der Waals surface area contributed by atoms with E-state index in [1.165, 1.54) is 32.4 Å². The Labute approximate surface area is 278 Å². The van der Waals surface area contributed by atoms with E-state index in [2.05, 4.69) is 0 Å². The highest BCUT2D eigenvalue weighted by molar-refractivity contribution is 6.31. The van der Waals surface area contributed by atoms with E-state index in [9.17, 15) is 34.8 Å². The molecule has 2 aromatic rings. The standard InChI is InChI=1S/C35H43NO12/c1-15(2)33(41)35(43)11-19-26(32(40)28-27(30(19)38)29(37)18-8-7-9-21(44-5)25(18)31(28)39)22(12-35)48-24-10-20(16(3)17(4)47-24)36-14-46-13-23(45-6)34(36)42/h7-9,15-17,20,22-24,34,38,40,42-43H,10-14H2,1-6H3/t16-,17+,20?,22+,23+,24+,34-,35+/m1/s1. The Morgan fingerprint density at radius 1 is 1.06 bits per heavy atom. The number of aromatic hydroxyl groups is 2. The minimum Gasteiger partial charge on any atom is -0.507 e. The van der Waals surface area contributed by atoms with Gasteiger partial charge in [0.1, 0.15) is 41.9 Å². The van der Waals surface area contributed by atoms with E-state index in [4.69, 9.17) is 23.7 Å². The van der Waals surface area contributed by atoms with Crippen LogP contribution in [0, 0.1) is 11.8 Å². The van der Waals surface area contributed by atoms with Crippen molar-refractivity contribution in [1.82, 2.24) is 4.90 Å². The van der Waals surface area contributed by atoms with Gasteiger partial charge < -0.3 is 44.1 Å². The Hall–Kier alpha value is -3.43. The largest absolute Gasteiger partial charge is 0.507 e. The molecule has 2 aromatic carbocycles. The summed E-state index contributed by atoms with van der Waals surface area (Å²) in [4.78, 5) is 43.0. The molecule has 4 aliphatic rings. The number of phenolic OH excluding ortho intramolecular Hbond substituents is 2. The minimum absolute atomic E-state index is 0.0111. The van der Waals surface area contributed by atoms with Crippen molar-refractivity contribution in [2.75, 3.05) is 27.6 Å². The van der Waals surface area contributed by atoms with Crippen LogP contribution in [0.2, 0.25) is 0 Å². The minimum atomic E-state index is -2.04. The van der Waals surface area contributed by atoms with E-state index in [1.54, 1.807) is 18.7 Å². The van der Waals surface area contributed by atoms with Gasteiger partial charge in [-0.15, -0.1) is 0 Å². The molecule has 260 valence electrons. The summed E-state index contributed by atoms with van der Waals surface area (Å²) in [5, 5.41) is 46.5. The third-order valence-electron chi connectivity index (χ3n) is 10.4. The second-order valence-electron chi connectivity index (χ2n) is 13.6. The van der Waals surface area contributed by atoms with E-state index >= 15 is 0 Å². The molecule has 13 nitrogen and oxygen atoms in total. The van der Waals surface area contributed by atoms with Gasteiger partial charge in [-0.1, -0.05) is 32.9 Å². The van der Waals surface area contributed by atoms with Crippen LogP contribution in [0.15, 0.2) is 18.2 Å². The molecule has 2 aliphatic carbocycles. The average Bonchev–Trinajstić information content (AvgIpc) is 3.06. The van der Waals surface area contributed by atoms with Gasteiger partial charge >= 0.3 is 0 Å². The van der Waals surface area contributed by atoms with Crippen molar-refractivity contribution in [1.29, 1.82) is 0 Å². The van der Waals surface area contributed by atoms with Crippen molar-refractivity contribution in [3.8, 4) is 17.2 Å². The van der Waals surface area contributed by atoms with Crippen LogP contribution in [0.5, 0.6) is 17.2 Å². The lowest BCUT2D eigenvalue weighted by Gasteiger charge is -2.49. The number of nitrogens with zero attached hydrogens (tertiary/aromatic N) is 1. The zero-order valence-electron chi connectivity index (χ0n) is 27.9. The number of fused-ring (bicyclic) bond motifs is 3. The quantitative estimate of drug-likeness (QED) is 0.270. The molecule has 2 fully saturated rings. The fourth-order valence-electron chi connectivity index (χ4n) is 7.74. The molecule has 0 saturated carbocycles. The van der Waals surface area contributed by atoms with E-state index in [1.807, 2.05) is 13.8 Å². The van der Waals surface area contributed by atoms with Crippen molar-refractivity contribution in [3.63, 3.8) is 0 Å². The smallest absolute Gasteiger partial charge is 0.202 e. The molecule has 0 amide bonds. The van der Waals surface area contributed by atoms with E-state index < -0.39 is 82.6 Å². The van der Waals surface area contributed by atoms with Gasteiger partial charge in [-0.25, -0.2) is 4.90 Å². The molecule has 0 bridgehead atoms. The topological polar surface area (TPSA) is 182 Å². The van der Waals surface area contributed by atoms with Crippen molar-refractivity contribution < 1.29 is 58.5 Å². The van der Waals surface area contributed by atoms with Gasteiger partial charge in [0.15, 0.2) is 17.9 Å². The molecule has 48 heavy (non-hydrogen) atoms. The van der Waals surface area contributed by atoms with Gasteiger partial charge in [0.25, 0.3) is 0 Å². The molecule has 13 heteroatoms. The maximum Gasteiger partial charge on any atom is 0.202 e. The molecule has 0 spiro atoms. The van der Waals surface area contributed by atoms with Crippen molar-refractivity contribution in [2.24, 2.45) is 11.8 Å². The Bertz CT molecular complexity index is 1640. The first kappa shape index (κ1) is 34.4. The number of rotatable bonds is 7. The number of carbonyl (C=O) groups excluding carboxylic acids is 3. The van der Waals surface area contributed by atoms with Gasteiger partial charge in [0.2, 0.25) is 5.78 Å². The maximum absolute atomic E-state index is 14.0. The lowest BCUT2D eigenvalue weighted by atomic mass is 9.70. The first-order chi connectivity index (χ1) is 22.7. The van der Waals surface area contributed by atoms with Crippen LogP contribution in [0.4, 0.5) is 0 Å². The Kier molecular flexibility index (Phi) is 9.18. The Morgan fingerprint density at radius 3 is 2.44 bits per heavy atom. The monoisotopic (exact) mass is 669 g/mol. The molecule has 1 unspecified atom stereocenters. The van der Waals surface area contributed by atoms with Crippen LogP contribution in [0.25, 0.3) is 0 Å². The highest BCUT2D eigenvalue weighted by atomic mass is 16.7. The number of ether oxygens (including phenoxy) is 5. The van der Waals surface area contributed by atoms with Gasteiger partial charge in [0, 0.05) is 55.0 Å². The molecule has 2 saturated heterocycles. The number of Topliss-reactive ketones (excluding diaryl/α,β-unsaturated/α-hetero) is 1. The fraction of sp³-hybridized carbons (Fsp3) is 0.571. The number of methoxy groups -OCH3 is 2. The second kappa shape index (κ2) is 12.8. The van der Waals surface area contributed by atoms with Gasteiger partial charge in [-0.2, -0.15) is 0 Å². The summed E-state index contributed by atoms with van der Waals surface area (Å²) in [5.74, 6) is -3.72. The summed E-state index contributed by atoms with van der Waals surface area (Å²) in [6.07, 6.45) is -4.64. The predicted octanol–water partition coefficient (Wildman–Crippen LogP) is 2.60. The lowest BCUT2D eigenvalue weighted by molar-refractivity contribution is -0.274. The molecular weight excluding hydrogens is 626 g/mol. The summed E-state index contributed by atoms with van der Waals surface area (Å²) in [7, 11) is 2.85. The van der Waals surface area contributed by atoms with E-state index in [-0.39, 0.29) is 72.2 Å². The SMILES string of the molecule is COc1cccc2c1C(=O)c1c(O)c3c(c(O)c1C2=O)C[C@@](O)(C(=O)C(C)C)C[C@@H]3O[C@H]1CC(N2COC[C@H](OC)[C@H]2O)[C@H](C)[C@H](C)O1. The first-order valence-electron chi connectivity index (χ1n) is 16.2. The molecule has 8 atom stereocenters. The average molecular weight is 670 g/mol. The third kappa shape index (κ3) is 5.41. The second-order valence-corrected chi connectivity index (χ2v) is 13.6. The number of hydrogen-bond donors (Lipinski definition) is 4. The number of benzene rings is 2. The number of hydrogen-bond acceptors (Lipinski definition) is 13. The number of aliphatic hydroxyl groups excluding tert-OH is 1. The van der Waals surface area contributed by atoms with Crippen molar-refractivity contribution >= 4 is 17.3 Å². The summed E-state index contributed by atoms with van der Waals surface area (Å²) in [6, 6.07) is 4.18. The molecular formula is C35H43NO12. The van der Waals surface area contributed by atoms with Gasteiger partial charge in [-0.05, 0) is 18.9 Å². The fourth-order valence-corrected chi connectivity index (χ4v) is 7.74. The van der Waals surface area contributed by atoms with Crippen LogP contribution < -0.4 is 4.74 Å². The van der Waals surface area contributed by atoms with Crippen LogP contribution in [0.1, 0.15) is 89.6 Å². The highest BCUT2D eigenvalue weighted by Crippen LogP contribution is 2.53. The first-order valence-corrected chi connectivity index (χ1v) is 16.2. The van der Waals surface area contributed by atoms with E-state index in [0.29, 0.717) is 0 Å².